The zero-order valence-electron chi connectivity index (χ0n) is 12.9. The lowest BCUT2D eigenvalue weighted by Gasteiger charge is -2.04. The van der Waals surface area contributed by atoms with Gasteiger partial charge in [-0.05, 0) is 18.2 Å². The number of carbonyl (C=O) groups is 1. The highest BCUT2D eigenvalue weighted by molar-refractivity contribution is 5.93. The minimum absolute atomic E-state index is 0.226. The molecule has 0 aliphatic heterocycles. The molecule has 0 saturated heterocycles. The second-order valence-electron chi connectivity index (χ2n) is 5.21. The summed E-state index contributed by atoms with van der Waals surface area (Å²) in [6.07, 6.45) is 1.92. The Kier molecular flexibility index (Phi) is 3.89. The van der Waals surface area contributed by atoms with E-state index in [0.29, 0.717) is 28.8 Å². The van der Waals surface area contributed by atoms with Gasteiger partial charge in [-0.3, -0.25) is 4.79 Å². The number of fused-ring (bicyclic) bond motifs is 1. The lowest BCUT2D eigenvalue weighted by Crippen LogP contribution is -2.38. The smallest absolute Gasteiger partial charge is 0.337 e. The van der Waals surface area contributed by atoms with E-state index in [-0.39, 0.29) is 5.56 Å². The molecule has 0 aliphatic rings. The van der Waals surface area contributed by atoms with Gasteiger partial charge in [-0.1, -0.05) is 6.07 Å². The van der Waals surface area contributed by atoms with Gasteiger partial charge in [0, 0.05) is 19.1 Å². The predicted molar refractivity (Wildman–Crippen MR) is 84.2 cm³/mol. The molecule has 0 aliphatic carbocycles. The summed E-state index contributed by atoms with van der Waals surface area (Å²) in [5.41, 5.74) is 1.67. The number of hydrogen-bond acceptors (Lipinski definition) is 4. The number of aromatic nitrogens is 3. The van der Waals surface area contributed by atoms with Crippen molar-refractivity contribution in [2.45, 2.75) is 13.5 Å². The SMILES string of the molecule is COC(=O)c1ccc2c(=O)[nH]c(C[n+]3ccccc3C)nc2c1. The first kappa shape index (κ1) is 14.9. The fraction of sp³-hybridized carbons (Fsp3) is 0.176. The van der Waals surface area contributed by atoms with Gasteiger partial charge in [0.05, 0.1) is 23.6 Å². The Balaban J connectivity index is 2.07. The van der Waals surface area contributed by atoms with Crippen LogP contribution < -0.4 is 10.1 Å². The molecular formula is C17H16N3O3+. The largest absolute Gasteiger partial charge is 0.465 e. The van der Waals surface area contributed by atoms with Crippen LogP contribution >= 0.6 is 0 Å². The number of aromatic amines is 1. The highest BCUT2D eigenvalue weighted by Crippen LogP contribution is 2.11. The maximum absolute atomic E-state index is 12.2. The van der Waals surface area contributed by atoms with E-state index in [1.165, 1.54) is 7.11 Å². The van der Waals surface area contributed by atoms with Crippen LogP contribution in [0.25, 0.3) is 10.9 Å². The molecule has 2 aromatic heterocycles. The monoisotopic (exact) mass is 310 g/mol. The second-order valence-corrected chi connectivity index (χ2v) is 5.21. The number of hydrogen-bond donors (Lipinski definition) is 1. The lowest BCUT2D eigenvalue weighted by molar-refractivity contribution is -0.695. The Labute approximate surface area is 132 Å². The Morgan fingerprint density at radius 2 is 2.13 bits per heavy atom. The number of methoxy groups -OCH3 is 1. The average molecular weight is 310 g/mol. The fourth-order valence-electron chi connectivity index (χ4n) is 2.41. The first-order valence-electron chi connectivity index (χ1n) is 7.15. The van der Waals surface area contributed by atoms with Crippen molar-refractivity contribution in [3.05, 3.63) is 70.0 Å². The maximum Gasteiger partial charge on any atom is 0.337 e. The third-order valence-corrected chi connectivity index (χ3v) is 3.66. The minimum atomic E-state index is -0.455. The number of pyridine rings is 1. The molecule has 0 fully saturated rings. The van der Waals surface area contributed by atoms with Gasteiger partial charge in [0.15, 0.2) is 17.7 Å². The van der Waals surface area contributed by atoms with Crippen LogP contribution in [0, 0.1) is 6.92 Å². The van der Waals surface area contributed by atoms with Gasteiger partial charge in [0.25, 0.3) is 5.56 Å². The van der Waals surface area contributed by atoms with Crippen molar-refractivity contribution in [3.63, 3.8) is 0 Å². The van der Waals surface area contributed by atoms with Gasteiger partial charge >= 0.3 is 5.97 Å². The standard InChI is InChI=1S/C17H15N3O3/c1-11-5-3-4-8-20(11)10-15-18-14-9-12(17(22)23-2)6-7-13(14)16(21)19-15/h3-9H,10H2,1-2H3/p+1. The van der Waals surface area contributed by atoms with E-state index < -0.39 is 5.97 Å². The number of H-pyrrole nitrogens is 1. The summed E-state index contributed by atoms with van der Waals surface area (Å²) in [5, 5.41) is 0.441. The molecule has 116 valence electrons. The summed E-state index contributed by atoms with van der Waals surface area (Å²) in [6.45, 7) is 2.43. The molecule has 0 atom stereocenters. The quantitative estimate of drug-likeness (QED) is 0.585. The van der Waals surface area contributed by atoms with Gasteiger partial charge in [0.2, 0.25) is 6.54 Å². The van der Waals surface area contributed by atoms with Crippen LogP contribution in [0.4, 0.5) is 0 Å². The molecule has 1 N–H and O–H groups in total. The average Bonchev–Trinajstić information content (AvgIpc) is 2.55. The van der Waals surface area contributed by atoms with Crippen LogP contribution in [0.5, 0.6) is 0 Å². The summed E-state index contributed by atoms with van der Waals surface area (Å²) >= 11 is 0. The highest BCUT2D eigenvalue weighted by atomic mass is 16.5. The molecule has 1 aromatic carbocycles. The second kappa shape index (κ2) is 6.00. The van der Waals surface area contributed by atoms with E-state index in [2.05, 4.69) is 9.97 Å². The van der Waals surface area contributed by atoms with E-state index in [9.17, 15) is 9.59 Å². The van der Waals surface area contributed by atoms with Crippen molar-refractivity contribution in [2.24, 2.45) is 0 Å². The zero-order chi connectivity index (χ0) is 16.4. The molecule has 23 heavy (non-hydrogen) atoms. The summed E-state index contributed by atoms with van der Waals surface area (Å²) in [6, 6.07) is 10.6. The van der Waals surface area contributed by atoms with Gasteiger partial charge in [-0.2, -0.15) is 4.57 Å². The number of carbonyl (C=O) groups excluding carboxylic acids is 1. The molecule has 3 aromatic rings. The van der Waals surface area contributed by atoms with Crippen LogP contribution in [0.15, 0.2) is 47.4 Å². The number of nitrogens with zero attached hydrogens (tertiary/aromatic N) is 2. The van der Waals surface area contributed by atoms with Crippen LogP contribution in [0.2, 0.25) is 0 Å². The predicted octanol–water partition coefficient (Wildman–Crippen LogP) is 1.35. The summed E-state index contributed by atoms with van der Waals surface area (Å²) in [7, 11) is 1.32. The number of aryl methyl sites for hydroxylation is 1. The first-order valence-corrected chi connectivity index (χ1v) is 7.15. The molecule has 6 heteroatoms. The van der Waals surface area contributed by atoms with Crippen LogP contribution in [-0.4, -0.2) is 23.0 Å². The summed E-state index contributed by atoms with van der Waals surface area (Å²) in [4.78, 5) is 31.1. The number of esters is 1. The zero-order valence-corrected chi connectivity index (χ0v) is 12.9. The fourth-order valence-corrected chi connectivity index (χ4v) is 2.41. The first-order chi connectivity index (χ1) is 11.1. The third-order valence-electron chi connectivity index (χ3n) is 3.66. The Bertz CT molecular complexity index is 947. The van der Waals surface area contributed by atoms with E-state index in [1.54, 1.807) is 18.2 Å². The molecule has 0 bridgehead atoms. The number of ether oxygens (including phenoxy) is 1. The molecule has 6 nitrogen and oxygen atoms in total. The molecule has 0 saturated carbocycles. The topological polar surface area (TPSA) is 75.9 Å². The Morgan fingerprint density at radius 3 is 2.87 bits per heavy atom. The number of benzene rings is 1. The van der Waals surface area contributed by atoms with E-state index in [4.69, 9.17) is 4.74 Å². The van der Waals surface area contributed by atoms with Gasteiger partial charge in [-0.25, -0.2) is 9.78 Å². The van der Waals surface area contributed by atoms with Crippen LogP contribution in [-0.2, 0) is 11.3 Å². The summed E-state index contributed by atoms with van der Waals surface area (Å²) in [5.74, 6) is 0.0765. The lowest BCUT2D eigenvalue weighted by atomic mass is 10.1. The van der Waals surface area contributed by atoms with Gasteiger partial charge in [-0.15, -0.1) is 0 Å². The summed E-state index contributed by atoms with van der Waals surface area (Å²) < 4.78 is 6.68. The Morgan fingerprint density at radius 1 is 1.30 bits per heavy atom. The molecule has 0 amide bonds. The Hall–Kier alpha value is -3.02. The van der Waals surface area contributed by atoms with Crippen molar-refractivity contribution in [3.8, 4) is 0 Å². The number of rotatable bonds is 3. The van der Waals surface area contributed by atoms with Gasteiger partial charge in [0.1, 0.15) is 0 Å². The molecule has 0 spiro atoms. The van der Waals surface area contributed by atoms with Crippen molar-refractivity contribution >= 4 is 16.9 Å². The van der Waals surface area contributed by atoms with Gasteiger partial charge < -0.3 is 9.72 Å². The minimum Gasteiger partial charge on any atom is -0.465 e. The van der Waals surface area contributed by atoms with Crippen LogP contribution in [0.1, 0.15) is 21.9 Å². The third kappa shape index (κ3) is 2.96. The molecule has 0 radical (unpaired) electrons. The maximum atomic E-state index is 12.2. The molecular weight excluding hydrogens is 294 g/mol. The van der Waals surface area contributed by atoms with Crippen LogP contribution in [0.3, 0.4) is 0 Å². The van der Waals surface area contributed by atoms with E-state index in [0.717, 1.165) is 5.69 Å². The van der Waals surface area contributed by atoms with E-state index >= 15 is 0 Å². The van der Waals surface area contributed by atoms with Crippen molar-refractivity contribution in [2.75, 3.05) is 7.11 Å². The van der Waals surface area contributed by atoms with E-state index in [1.807, 2.05) is 35.9 Å². The molecule has 2 heterocycles. The van der Waals surface area contributed by atoms with Crippen molar-refractivity contribution < 1.29 is 14.1 Å². The van der Waals surface area contributed by atoms with Crippen molar-refractivity contribution in [1.82, 2.24) is 9.97 Å². The molecule has 3 rings (SSSR count). The highest BCUT2D eigenvalue weighted by Gasteiger charge is 2.12. The normalized spacial score (nSPS) is 10.7. The number of nitrogens with one attached hydrogen (secondary N) is 1. The molecule has 0 unspecified atom stereocenters. The van der Waals surface area contributed by atoms with Crippen molar-refractivity contribution in [1.29, 1.82) is 0 Å².